The Morgan fingerprint density at radius 1 is 1.67 bits per heavy atom. The molecule has 0 spiro atoms. The molecule has 0 atom stereocenters. The normalized spacial score (nSPS) is 13.4. The Kier molecular flexibility index (Phi) is 4.31. The maximum atomic E-state index is 13.1. The molecule has 1 nitrogen and oxygen atoms in total. The summed E-state index contributed by atoms with van der Waals surface area (Å²) in [5.74, 6) is -0.592. The van der Waals surface area contributed by atoms with E-state index in [9.17, 15) is 4.39 Å². The highest BCUT2D eigenvalue weighted by Crippen LogP contribution is 2.23. The molecule has 0 unspecified atom stereocenters. The molecule has 0 saturated heterocycles. The van der Waals surface area contributed by atoms with Gasteiger partial charge in [0.2, 0.25) is 0 Å². The van der Waals surface area contributed by atoms with Gasteiger partial charge in [0.05, 0.1) is 10.6 Å². The molecule has 0 saturated carbocycles. The van der Waals surface area contributed by atoms with Crippen LogP contribution in [0.3, 0.4) is 0 Å². The van der Waals surface area contributed by atoms with Crippen LogP contribution in [-0.4, -0.2) is 0 Å². The second kappa shape index (κ2) is 4.74. The van der Waals surface area contributed by atoms with Crippen LogP contribution in [0.4, 0.5) is 4.39 Å². The zero-order valence-corrected chi connectivity index (χ0v) is 7.74. The summed E-state index contributed by atoms with van der Waals surface area (Å²) in [6.45, 7) is 6.55. The number of hydrogen-bond donors (Lipinski definition) is 0. The fourth-order valence-electron chi connectivity index (χ4n) is 0.481. The summed E-state index contributed by atoms with van der Waals surface area (Å²) in [4.78, 5) is 0. The highest BCUT2D eigenvalue weighted by molar-refractivity contribution is 6.32. The second-order valence-electron chi connectivity index (χ2n) is 2.19. The molecule has 0 aromatic carbocycles. The Morgan fingerprint density at radius 3 is 2.50 bits per heavy atom. The number of hydrogen-bond acceptors (Lipinski definition) is 1. The van der Waals surface area contributed by atoms with Gasteiger partial charge in [-0.2, -0.15) is 5.26 Å². The van der Waals surface area contributed by atoms with Gasteiger partial charge in [0.25, 0.3) is 0 Å². The van der Waals surface area contributed by atoms with Gasteiger partial charge in [-0.05, 0) is 19.4 Å². The summed E-state index contributed by atoms with van der Waals surface area (Å²) in [7, 11) is 0. The fourth-order valence-corrected chi connectivity index (χ4v) is 0.673. The average molecular weight is 186 g/mol. The van der Waals surface area contributed by atoms with Crippen LogP contribution < -0.4 is 0 Å². The maximum absolute atomic E-state index is 13.1. The van der Waals surface area contributed by atoms with Gasteiger partial charge in [0, 0.05) is 0 Å². The van der Waals surface area contributed by atoms with Crippen molar-refractivity contribution in [3.05, 3.63) is 34.7 Å². The number of nitrogens with zero attached hydrogens (tertiary/aromatic N) is 1. The molecule has 0 aromatic heterocycles. The van der Waals surface area contributed by atoms with Gasteiger partial charge in [-0.25, -0.2) is 4.39 Å². The van der Waals surface area contributed by atoms with E-state index in [0.29, 0.717) is 5.57 Å². The van der Waals surface area contributed by atoms with Gasteiger partial charge in [-0.15, -0.1) is 0 Å². The molecule has 0 radical (unpaired) electrons. The van der Waals surface area contributed by atoms with Crippen LogP contribution in [-0.2, 0) is 0 Å². The van der Waals surface area contributed by atoms with Crippen molar-refractivity contribution < 1.29 is 4.39 Å². The van der Waals surface area contributed by atoms with Crippen molar-refractivity contribution in [2.75, 3.05) is 0 Å². The number of allylic oxidation sites excluding steroid dienone is 5. The zero-order valence-electron chi connectivity index (χ0n) is 6.99. The molecule has 0 aliphatic rings. The van der Waals surface area contributed by atoms with Gasteiger partial charge in [-0.1, -0.05) is 24.3 Å². The zero-order chi connectivity index (χ0) is 9.72. The average Bonchev–Trinajstić information content (AvgIpc) is 2.12. The topological polar surface area (TPSA) is 23.8 Å². The van der Waals surface area contributed by atoms with Crippen molar-refractivity contribution in [3.8, 4) is 6.07 Å². The number of rotatable bonds is 2. The summed E-state index contributed by atoms with van der Waals surface area (Å²) in [5.41, 5.74) is 0.340. The highest BCUT2D eigenvalue weighted by atomic mass is 35.5. The minimum atomic E-state index is -0.592. The maximum Gasteiger partial charge on any atom is 0.145 e. The first kappa shape index (κ1) is 10.9. The Hall–Kier alpha value is -1.07. The third-order valence-corrected chi connectivity index (χ3v) is 1.77. The molecule has 0 rings (SSSR count). The molecule has 64 valence electrons. The summed E-state index contributed by atoms with van der Waals surface area (Å²) >= 11 is 5.50. The minimum Gasteiger partial charge on any atom is -0.205 e. The Balaban J connectivity index is 4.97. The van der Waals surface area contributed by atoms with E-state index in [1.807, 2.05) is 0 Å². The largest absolute Gasteiger partial charge is 0.205 e. The molecule has 0 aliphatic heterocycles. The summed E-state index contributed by atoms with van der Waals surface area (Å²) in [5, 5.41) is 8.14. The first-order valence-electron chi connectivity index (χ1n) is 3.32. The van der Waals surface area contributed by atoms with Gasteiger partial charge < -0.3 is 0 Å². The van der Waals surface area contributed by atoms with Crippen LogP contribution >= 0.6 is 11.6 Å². The summed E-state index contributed by atoms with van der Waals surface area (Å²) < 4.78 is 13.1. The molecule has 0 amide bonds. The molecule has 0 aromatic rings. The van der Waals surface area contributed by atoms with Crippen molar-refractivity contribution in [3.63, 3.8) is 0 Å². The minimum absolute atomic E-state index is 0.0598. The quantitative estimate of drug-likeness (QED) is 0.478. The first-order chi connectivity index (χ1) is 5.54. The van der Waals surface area contributed by atoms with Gasteiger partial charge in [-0.3, -0.25) is 0 Å². The fraction of sp³-hybridized carbons (Fsp3) is 0.222. The van der Waals surface area contributed by atoms with Crippen LogP contribution in [0.25, 0.3) is 0 Å². The molecule has 0 N–H and O–H groups in total. The van der Waals surface area contributed by atoms with E-state index in [4.69, 9.17) is 16.9 Å². The van der Waals surface area contributed by atoms with Crippen LogP contribution in [0, 0.1) is 11.3 Å². The first-order valence-corrected chi connectivity index (χ1v) is 3.70. The van der Waals surface area contributed by atoms with Crippen LogP contribution in [0.5, 0.6) is 0 Å². The van der Waals surface area contributed by atoms with E-state index >= 15 is 0 Å². The van der Waals surface area contributed by atoms with E-state index in [1.165, 1.54) is 0 Å². The number of halogens is 2. The van der Waals surface area contributed by atoms with E-state index < -0.39 is 5.83 Å². The molecule has 0 fully saturated rings. The highest BCUT2D eigenvalue weighted by Gasteiger charge is 2.07. The van der Waals surface area contributed by atoms with Crippen molar-refractivity contribution in [2.24, 2.45) is 0 Å². The summed E-state index contributed by atoms with van der Waals surface area (Å²) in [6, 6.07) is 1.67. The molecular formula is C9H9ClFN. The Morgan fingerprint density at radius 2 is 2.17 bits per heavy atom. The van der Waals surface area contributed by atoms with Gasteiger partial charge in [0.1, 0.15) is 11.9 Å². The van der Waals surface area contributed by atoms with E-state index in [0.717, 1.165) is 0 Å². The second-order valence-corrected chi connectivity index (χ2v) is 2.57. The monoisotopic (exact) mass is 185 g/mol. The van der Waals surface area contributed by atoms with Crippen molar-refractivity contribution in [1.82, 2.24) is 0 Å². The van der Waals surface area contributed by atoms with E-state index in [-0.39, 0.29) is 10.6 Å². The molecule has 0 bridgehead atoms. The lowest BCUT2D eigenvalue weighted by atomic mass is 10.2. The van der Waals surface area contributed by atoms with Gasteiger partial charge >= 0.3 is 0 Å². The van der Waals surface area contributed by atoms with Crippen LogP contribution in [0.1, 0.15) is 13.8 Å². The molecule has 0 aliphatic carbocycles. The van der Waals surface area contributed by atoms with Gasteiger partial charge in [0.15, 0.2) is 0 Å². The lowest BCUT2D eigenvalue weighted by Gasteiger charge is -1.98. The predicted molar refractivity (Wildman–Crippen MR) is 48.2 cm³/mol. The van der Waals surface area contributed by atoms with Crippen molar-refractivity contribution in [2.45, 2.75) is 13.8 Å². The van der Waals surface area contributed by atoms with Crippen LogP contribution in [0.15, 0.2) is 34.7 Å². The van der Waals surface area contributed by atoms with Crippen LogP contribution in [0.2, 0.25) is 0 Å². The smallest absolute Gasteiger partial charge is 0.145 e. The predicted octanol–water partition coefficient (Wildman–Crippen LogP) is 3.45. The lowest BCUT2D eigenvalue weighted by molar-refractivity contribution is 0.648. The lowest BCUT2D eigenvalue weighted by Crippen LogP contribution is -1.84. The third kappa shape index (κ3) is 2.52. The van der Waals surface area contributed by atoms with E-state index in [2.05, 4.69) is 6.58 Å². The molecule has 0 heterocycles. The number of nitriles is 1. The van der Waals surface area contributed by atoms with Crippen molar-refractivity contribution in [1.29, 1.82) is 5.26 Å². The molecule has 12 heavy (non-hydrogen) atoms. The SMILES string of the molecule is C=C(C#N)/C(Cl)=C(F)\C(C)=C/C. The summed E-state index contributed by atoms with van der Waals surface area (Å²) in [6.07, 6.45) is 1.57. The third-order valence-electron chi connectivity index (χ3n) is 1.37. The Labute approximate surface area is 76.5 Å². The molecule has 3 heteroatoms. The molecular weight excluding hydrogens is 177 g/mol. The Bertz CT molecular complexity index is 294. The van der Waals surface area contributed by atoms with Crippen molar-refractivity contribution >= 4 is 11.6 Å². The standard InChI is InChI=1S/C9H9ClFN/c1-4-6(2)9(11)8(10)7(3)5-12/h4H,3H2,1-2H3/b6-4-,9-8-. The van der Waals surface area contributed by atoms with E-state index in [1.54, 1.807) is 26.0 Å².